The van der Waals surface area contributed by atoms with Gasteiger partial charge in [0, 0.05) is 0 Å². The molecular weight excluding hydrogens is 252 g/mol. The van der Waals surface area contributed by atoms with Gasteiger partial charge in [-0.05, 0) is 28.9 Å². The molecule has 0 nitrogen and oxygen atoms in total. The van der Waals surface area contributed by atoms with Gasteiger partial charge < -0.3 is 0 Å². The Morgan fingerprint density at radius 2 is 0.667 bits per heavy atom. The van der Waals surface area contributed by atoms with Crippen LogP contribution < -0.4 is 0 Å². The third kappa shape index (κ3) is 19.2. The minimum atomic E-state index is 0. The molecule has 0 aliphatic heterocycles. The monoisotopic (exact) mass is 296 g/mol. The molecular formula is C21H44. The zero-order valence-corrected chi connectivity index (χ0v) is 16.0. The van der Waals surface area contributed by atoms with E-state index in [-0.39, 0.29) is 7.43 Å². The minimum Gasteiger partial charge on any atom is -0.0776 e. The highest BCUT2D eigenvalue weighted by atomic mass is 14.1. The van der Waals surface area contributed by atoms with Gasteiger partial charge in [0.2, 0.25) is 0 Å². The quantitative estimate of drug-likeness (QED) is 0.515. The molecule has 0 aliphatic rings. The third-order valence-corrected chi connectivity index (χ3v) is 2.27. The zero-order chi connectivity index (χ0) is 16.7. The molecule has 0 fully saturated rings. The summed E-state index contributed by atoms with van der Waals surface area (Å²) < 4.78 is 0. The molecule has 0 saturated heterocycles. The van der Waals surface area contributed by atoms with E-state index in [1.54, 1.807) is 0 Å². The molecule has 1 rings (SSSR count). The molecule has 0 bridgehead atoms. The van der Waals surface area contributed by atoms with Crippen molar-refractivity contribution in [3.8, 4) is 0 Å². The second-order valence-corrected chi connectivity index (χ2v) is 5.71. The van der Waals surface area contributed by atoms with E-state index in [1.165, 1.54) is 11.1 Å². The van der Waals surface area contributed by atoms with Crippen molar-refractivity contribution in [1.82, 2.24) is 0 Å². The van der Waals surface area contributed by atoms with E-state index in [2.05, 4.69) is 72.7 Å². The maximum absolute atomic E-state index is 2.24. The molecule has 21 heavy (non-hydrogen) atoms. The summed E-state index contributed by atoms with van der Waals surface area (Å²) in [5, 5.41) is 0. The van der Waals surface area contributed by atoms with Gasteiger partial charge in [-0.3, -0.25) is 0 Å². The predicted molar refractivity (Wildman–Crippen MR) is 105 cm³/mol. The Hall–Kier alpha value is -0.780. The van der Waals surface area contributed by atoms with Crippen LogP contribution in [0.1, 0.15) is 107 Å². The number of hydrogen-bond acceptors (Lipinski definition) is 0. The van der Waals surface area contributed by atoms with Gasteiger partial charge in [-0.15, -0.1) is 0 Å². The van der Waals surface area contributed by atoms with Crippen molar-refractivity contribution in [3.05, 3.63) is 35.4 Å². The molecule has 0 amide bonds. The molecule has 0 radical (unpaired) electrons. The summed E-state index contributed by atoms with van der Waals surface area (Å²) in [6, 6.07) is 8.94. The maximum atomic E-state index is 2.24. The fraction of sp³-hybridized carbons (Fsp3) is 0.714. The van der Waals surface area contributed by atoms with Crippen LogP contribution in [-0.4, -0.2) is 0 Å². The van der Waals surface area contributed by atoms with Gasteiger partial charge in [-0.25, -0.2) is 0 Å². The average molecular weight is 297 g/mol. The van der Waals surface area contributed by atoms with Crippen molar-refractivity contribution >= 4 is 0 Å². The summed E-state index contributed by atoms with van der Waals surface area (Å²) in [5.41, 5.74) is 2.86. The largest absolute Gasteiger partial charge is 0.0776 e. The van der Waals surface area contributed by atoms with Crippen LogP contribution in [-0.2, 0) is 0 Å². The van der Waals surface area contributed by atoms with Crippen LogP contribution in [0.2, 0.25) is 0 Å². The average Bonchev–Trinajstić information content (AvgIpc) is 2.42. The molecule has 0 aromatic heterocycles. The van der Waals surface area contributed by atoms with E-state index in [0.29, 0.717) is 11.8 Å². The highest BCUT2D eigenvalue weighted by Gasteiger charge is 2.00. The molecule has 128 valence electrons. The molecule has 0 atom stereocenters. The molecule has 0 heteroatoms. The molecule has 0 unspecified atom stereocenters. The molecule has 0 N–H and O–H groups in total. The molecule has 1 aromatic carbocycles. The Balaban J connectivity index is -0.000000137. The topological polar surface area (TPSA) is 0 Å². The Morgan fingerprint density at radius 1 is 0.524 bits per heavy atom. The van der Waals surface area contributed by atoms with E-state index in [0.717, 1.165) is 5.92 Å². The van der Waals surface area contributed by atoms with Gasteiger partial charge in [0.1, 0.15) is 0 Å². The summed E-state index contributed by atoms with van der Waals surface area (Å²) in [5.74, 6) is 2.12. The van der Waals surface area contributed by atoms with Crippen LogP contribution in [0.5, 0.6) is 0 Å². The van der Waals surface area contributed by atoms with Gasteiger partial charge in [0.05, 0.1) is 0 Å². The maximum Gasteiger partial charge on any atom is -0.0219 e. The van der Waals surface area contributed by atoms with Gasteiger partial charge in [0.25, 0.3) is 0 Å². The lowest BCUT2D eigenvalue weighted by molar-refractivity contribution is 0.737. The number of rotatable bonds is 2. The standard InChI is InChI=1S/C12H18.C4H10.2C2H6.CH4/c1-9(2)11-5-7-12(8-6-11)10(3)4;1-4(2)3;2*1-2;/h5-10H,1-4H3;4H,1-3H3;2*1-2H3;1H4. The summed E-state index contributed by atoms with van der Waals surface area (Å²) >= 11 is 0. The van der Waals surface area contributed by atoms with Crippen molar-refractivity contribution in [2.75, 3.05) is 0 Å². The molecule has 0 saturated carbocycles. The third-order valence-electron chi connectivity index (χ3n) is 2.27. The van der Waals surface area contributed by atoms with Crippen LogP contribution in [0.4, 0.5) is 0 Å². The highest BCUT2D eigenvalue weighted by molar-refractivity contribution is 5.26. The van der Waals surface area contributed by atoms with Crippen LogP contribution in [0.25, 0.3) is 0 Å². The highest BCUT2D eigenvalue weighted by Crippen LogP contribution is 2.18. The van der Waals surface area contributed by atoms with E-state index in [1.807, 2.05) is 27.7 Å². The lowest BCUT2D eigenvalue weighted by Crippen LogP contribution is -1.90. The predicted octanol–water partition coefficient (Wildman–Crippen LogP) is 8.28. The Bertz CT molecular complexity index is 235. The number of hydrogen-bond donors (Lipinski definition) is 0. The minimum absolute atomic E-state index is 0. The lowest BCUT2D eigenvalue weighted by Gasteiger charge is -2.08. The fourth-order valence-electron chi connectivity index (χ4n) is 1.27. The van der Waals surface area contributed by atoms with Gasteiger partial charge in [0.15, 0.2) is 0 Å². The van der Waals surface area contributed by atoms with Crippen molar-refractivity contribution in [3.63, 3.8) is 0 Å². The van der Waals surface area contributed by atoms with Crippen molar-refractivity contribution in [1.29, 1.82) is 0 Å². The summed E-state index contributed by atoms with van der Waals surface area (Å²) in [6.07, 6.45) is 0. The van der Waals surface area contributed by atoms with Crippen molar-refractivity contribution in [2.45, 2.75) is 95.4 Å². The summed E-state index contributed by atoms with van der Waals surface area (Å²) in [7, 11) is 0. The van der Waals surface area contributed by atoms with E-state index < -0.39 is 0 Å². The van der Waals surface area contributed by atoms with Crippen LogP contribution in [0.15, 0.2) is 24.3 Å². The zero-order valence-electron chi connectivity index (χ0n) is 16.0. The molecule has 1 aromatic rings. The smallest absolute Gasteiger partial charge is 0.0219 e. The SMILES string of the molecule is C.CC.CC.CC(C)C.CC(C)c1ccc(C(C)C)cc1. The van der Waals surface area contributed by atoms with Crippen molar-refractivity contribution in [2.24, 2.45) is 5.92 Å². The lowest BCUT2D eigenvalue weighted by atomic mass is 9.97. The first-order valence-corrected chi connectivity index (χ1v) is 8.44. The normalized spacial score (nSPS) is 8.67. The summed E-state index contributed by atoms with van der Waals surface area (Å²) in [4.78, 5) is 0. The van der Waals surface area contributed by atoms with E-state index in [4.69, 9.17) is 0 Å². The van der Waals surface area contributed by atoms with Gasteiger partial charge in [-0.1, -0.05) is 108 Å². The Morgan fingerprint density at radius 3 is 0.762 bits per heavy atom. The first-order chi connectivity index (χ1) is 9.34. The van der Waals surface area contributed by atoms with Crippen LogP contribution in [0, 0.1) is 5.92 Å². The van der Waals surface area contributed by atoms with E-state index >= 15 is 0 Å². The van der Waals surface area contributed by atoms with Crippen LogP contribution >= 0.6 is 0 Å². The first kappa shape index (κ1) is 28.4. The summed E-state index contributed by atoms with van der Waals surface area (Å²) in [6.45, 7) is 23.4. The number of benzene rings is 1. The fourth-order valence-corrected chi connectivity index (χ4v) is 1.27. The van der Waals surface area contributed by atoms with Crippen LogP contribution in [0.3, 0.4) is 0 Å². The molecule has 0 spiro atoms. The Kier molecular flexibility index (Phi) is 26.0. The second-order valence-electron chi connectivity index (χ2n) is 5.71. The Labute approximate surface area is 137 Å². The van der Waals surface area contributed by atoms with Crippen molar-refractivity contribution < 1.29 is 0 Å². The second kappa shape index (κ2) is 19.2. The van der Waals surface area contributed by atoms with Gasteiger partial charge >= 0.3 is 0 Å². The van der Waals surface area contributed by atoms with E-state index in [9.17, 15) is 0 Å². The first-order valence-electron chi connectivity index (χ1n) is 8.44. The van der Waals surface area contributed by atoms with Gasteiger partial charge in [-0.2, -0.15) is 0 Å². The molecule has 0 heterocycles. The molecule has 0 aliphatic carbocycles.